The lowest BCUT2D eigenvalue weighted by atomic mass is 10.2. The highest BCUT2D eigenvalue weighted by Gasteiger charge is 2.15. The Bertz CT molecular complexity index is 491. The van der Waals surface area contributed by atoms with Crippen molar-refractivity contribution in [2.75, 3.05) is 5.73 Å². The van der Waals surface area contributed by atoms with Crippen molar-refractivity contribution in [3.05, 3.63) is 33.0 Å². The molecule has 84 valence electrons. The lowest BCUT2D eigenvalue weighted by Crippen LogP contribution is -2.02. The SMILES string of the molecule is Nc1nc(C(=O)O)c(CCc2cccs2)s1. The van der Waals surface area contributed by atoms with Gasteiger partial charge >= 0.3 is 5.97 Å². The molecule has 0 fully saturated rings. The predicted molar refractivity (Wildman–Crippen MR) is 65.2 cm³/mol. The molecule has 2 heterocycles. The standard InChI is InChI=1S/C10H10N2O2S2/c11-10-12-8(9(13)14)7(16-10)4-3-6-2-1-5-15-6/h1-2,5H,3-4H2,(H2,11,12)(H,13,14). The van der Waals surface area contributed by atoms with Crippen LogP contribution in [0.3, 0.4) is 0 Å². The van der Waals surface area contributed by atoms with Gasteiger partial charge in [-0.05, 0) is 24.3 Å². The maximum absolute atomic E-state index is 10.9. The zero-order valence-electron chi connectivity index (χ0n) is 8.34. The van der Waals surface area contributed by atoms with Crippen molar-refractivity contribution < 1.29 is 9.90 Å². The molecule has 0 atom stereocenters. The zero-order chi connectivity index (χ0) is 11.5. The van der Waals surface area contributed by atoms with Crippen LogP contribution in [0.25, 0.3) is 0 Å². The number of carbonyl (C=O) groups is 1. The second-order valence-corrected chi connectivity index (χ2v) is 5.36. The van der Waals surface area contributed by atoms with E-state index in [1.165, 1.54) is 16.2 Å². The second-order valence-electron chi connectivity index (χ2n) is 3.21. The van der Waals surface area contributed by atoms with Crippen LogP contribution >= 0.6 is 22.7 Å². The summed E-state index contributed by atoms with van der Waals surface area (Å²) in [6, 6.07) is 4.02. The molecule has 0 amide bonds. The van der Waals surface area contributed by atoms with Gasteiger partial charge in [0.05, 0.1) is 0 Å². The van der Waals surface area contributed by atoms with Gasteiger partial charge in [-0.25, -0.2) is 9.78 Å². The lowest BCUT2D eigenvalue weighted by molar-refractivity contribution is 0.0690. The summed E-state index contributed by atoms with van der Waals surface area (Å²) in [5, 5.41) is 11.3. The number of carboxylic acid groups (broad SMARTS) is 1. The third kappa shape index (κ3) is 2.40. The number of aromatic nitrogens is 1. The molecule has 3 N–H and O–H groups in total. The molecule has 0 saturated heterocycles. The summed E-state index contributed by atoms with van der Waals surface area (Å²) in [4.78, 5) is 16.7. The van der Waals surface area contributed by atoms with E-state index < -0.39 is 5.97 Å². The van der Waals surface area contributed by atoms with Crippen molar-refractivity contribution in [1.82, 2.24) is 4.98 Å². The molecule has 2 aromatic heterocycles. The molecule has 4 nitrogen and oxygen atoms in total. The van der Waals surface area contributed by atoms with Crippen molar-refractivity contribution in [1.29, 1.82) is 0 Å². The molecule has 6 heteroatoms. The molecule has 0 spiro atoms. The fourth-order valence-corrected chi connectivity index (χ4v) is 2.93. The van der Waals surface area contributed by atoms with E-state index in [2.05, 4.69) is 4.98 Å². The fraction of sp³-hybridized carbons (Fsp3) is 0.200. The second kappa shape index (κ2) is 4.63. The highest BCUT2D eigenvalue weighted by Crippen LogP contribution is 2.23. The lowest BCUT2D eigenvalue weighted by Gasteiger charge is -1.96. The quantitative estimate of drug-likeness (QED) is 0.877. The van der Waals surface area contributed by atoms with Crippen molar-refractivity contribution in [2.24, 2.45) is 0 Å². The Kier molecular flexibility index (Phi) is 3.21. The summed E-state index contributed by atoms with van der Waals surface area (Å²) in [7, 11) is 0. The van der Waals surface area contributed by atoms with Gasteiger partial charge in [-0.15, -0.1) is 22.7 Å². The first-order valence-corrected chi connectivity index (χ1v) is 6.37. The average Bonchev–Trinajstić information content (AvgIpc) is 2.83. The summed E-state index contributed by atoms with van der Waals surface area (Å²) >= 11 is 2.92. The van der Waals surface area contributed by atoms with E-state index in [4.69, 9.17) is 10.8 Å². The van der Waals surface area contributed by atoms with Gasteiger partial charge in [-0.3, -0.25) is 0 Å². The van der Waals surface area contributed by atoms with Crippen LogP contribution in [0.2, 0.25) is 0 Å². The van der Waals surface area contributed by atoms with Crippen LogP contribution in [0.5, 0.6) is 0 Å². The number of thiazole rings is 1. The van der Waals surface area contributed by atoms with E-state index in [0.29, 0.717) is 11.6 Å². The van der Waals surface area contributed by atoms with E-state index in [0.717, 1.165) is 11.3 Å². The van der Waals surface area contributed by atoms with Crippen molar-refractivity contribution in [3.8, 4) is 0 Å². The maximum atomic E-state index is 10.9. The topological polar surface area (TPSA) is 76.2 Å². The summed E-state index contributed by atoms with van der Waals surface area (Å²) in [6.45, 7) is 0. The number of aryl methyl sites for hydroxylation is 2. The molecule has 0 bridgehead atoms. The maximum Gasteiger partial charge on any atom is 0.355 e. The molecular weight excluding hydrogens is 244 g/mol. The van der Waals surface area contributed by atoms with E-state index in [-0.39, 0.29) is 5.69 Å². The van der Waals surface area contributed by atoms with Crippen LogP contribution in [-0.4, -0.2) is 16.1 Å². The number of nitrogens with zero attached hydrogens (tertiary/aromatic N) is 1. The molecule has 0 radical (unpaired) electrons. The summed E-state index contributed by atoms with van der Waals surface area (Å²) in [5.74, 6) is -1.01. The molecular formula is C10H10N2O2S2. The molecule has 2 aromatic rings. The van der Waals surface area contributed by atoms with E-state index in [1.54, 1.807) is 11.3 Å². The van der Waals surface area contributed by atoms with Crippen LogP contribution in [0.1, 0.15) is 20.2 Å². The number of carboxylic acids is 1. The van der Waals surface area contributed by atoms with Crippen molar-refractivity contribution >= 4 is 33.8 Å². The Morgan fingerprint density at radius 2 is 2.31 bits per heavy atom. The average molecular weight is 254 g/mol. The molecule has 0 saturated carbocycles. The molecule has 0 aliphatic heterocycles. The van der Waals surface area contributed by atoms with Gasteiger partial charge in [0.2, 0.25) is 0 Å². The van der Waals surface area contributed by atoms with Crippen molar-refractivity contribution in [2.45, 2.75) is 12.8 Å². The van der Waals surface area contributed by atoms with Gasteiger partial charge in [0.1, 0.15) is 0 Å². The van der Waals surface area contributed by atoms with Gasteiger partial charge in [-0.1, -0.05) is 6.07 Å². The first kappa shape index (κ1) is 11.1. The van der Waals surface area contributed by atoms with E-state index >= 15 is 0 Å². The van der Waals surface area contributed by atoms with Gasteiger partial charge in [0.15, 0.2) is 10.8 Å². The Labute approximate surface area is 100 Å². The Balaban J connectivity index is 2.12. The number of anilines is 1. The smallest absolute Gasteiger partial charge is 0.355 e. The molecule has 16 heavy (non-hydrogen) atoms. The highest BCUT2D eigenvalue weighted by molar-refractivity contribution is 7.15. The van der Waals surface area contributed by atoms with Gasteiger partial charge in [0.25, 0.3) is 0 Å². The third-order valence-corrected chi connectivity index (χ3v) is 3.98. The monoisotopic (exact) mass is 254 g/mol. The van der Waals surface area contributed by atoms with Crippen LogP contribution in [0, 0.1) is 0 Å². The van der Waals surface area contributed by atoms with Crippen LogP contribution in [0.15, 0.2) is 17.5 Å². The number of nitrogen functional groups attached to an aromatic ring is 1. The molecule has 0 aliphatic carbocycles. The number of hydrogen-bond acceptors (Lipinski definition) is 5. The number of rotatable bonds is 4. The minimum atomic E-state index is -1.01. The molecule has 0 unspecified atom stereocenters. The predicted octanol–water partition coefficient (Wildman–Crippen LogP) is 2.27. The largest absolute Gasteiger partial charge is 0.476 e. The number of hydrogen-bond donors (Lipinski definition) is 2. The minimum Gasteiger partial charge on any atom is -0.476 e. The van der Waals surface area contributed by atoms with Crippen LogP contribution < -0.4 is 5.73 Å². The molecule has 0 aliphatic rings. The number of aromatic carboxylic acids is 1. The first-order chi connectivity index (χ1) is 7.66. The number of thiophene rings is 1. The van der Waals surface area contributed by atoms with E-state index in [9.17, 15) is 4.79 Å². The zero-order valence-corrected chi connectivity index (χ0v) is 9.98. The molecule has 0 aromatic carbocycles. The Morgan fingerprint density at radius 1 is 1.50 bits per heavy atom. The van der Waals surface area contributed by atoms with Gasteiger partial charge in [0, 0.05) is 9.75 Å². The Morgan fingerprint density at radius 3 is 2.94 bits per heavy atom. The van der Waals surface area contributed by atoms with E-state index in [1.807, 2.05) is 17.5 Å². The fourth-order valence-electron chi connectivity index (χ4n) is 1.40. The summed E-state index contributed by atoms with van der Waals surface area (Å²) < 4.78 is 0. The molecule has 2 rings (SSSR count). The van der Waals surface area contributed by atoms with Gasteiger partial charge in [-0.2, -0.15) is 0 Å². The van der Waals surface area contributed by atoms with Crippen LogP contribution in [0.4, 0.5) is 5.13 Å². The Hall–Kier alpha value is -1.40. The highest BCUT2D eigenvalue weighted by atomic mass is 32.1. The van der Waals surface area contributed by atoms with Crippen molar-refractivity contribution in [3.63, 3.8) is 0 Å². The summed E-state index contributed by atoms with van der Waals surface area (Å²) in [6.07, 6.45) is 1.51. The van der Waals surface area contributed by atoms with Crippen LogP contribution in [-0.2, 0) is 12.8 Å². The van der Waals surface area contributed by atoms with Gasteiger partial charge < -0.3 is 10.8 Å². The normalized spacial score (nSPS) is 10.5. The first-order valence-electron chi connectivity index (χ1n) is 4.67. The third-order valence-electron chi connectivity index (χ3n) is 2.10. The minimum absolute atomic E-state index is 0.0963. The number of nitrogens with two attached hydrogens (primary N) is 1. The summed E-state index contributed by atoms with van der Waals surface area (Å²) in [5.41, 5.74) is 5.61.